The van der Waals surface area contributed by atoms with Crippen LogP contribution in [0.5, 0.6) is 0 Å². The lowest BCUT2D eigenvalue weighted by molar-refractivity contribution is 0.421. The highest BCUT2D eigenvalue weighted by molar-refractivity contribution is 9.10. The van der Waals surface area contributed by atoms with Gasteiger partial charge in [-0.15, -0.1) is 11.3 Å². The molecule has 0 spiro atoms. The molecular weight excluding hydrogens is 324 g/mol. The van der Waals surface area contributed by atoms with Gasteiger partial charge in [0.2, 0.25) is 10.0 Å². The average molecular weight is 341 g/mol. The van der Waals surface area contributed by atoms with E-state index in [9.17, 15) is 8.42 Å². The lowest BCUT2D eigenvalue weighted by atomic mass is 10.1. The maximum absolute atomic E-state index is 11.1. The maximum Gasteiger partial charge on any atom is 0.209 e. The van der Waals surface area contributed by atoms with E-state index < -0.39 is 15.6 Å². The number of nitrogens with one attached hydrogen (secondary N) is 2. The van der Waals surface area contributed by atoms with Crippen molar-refractivity contribution in [2.75, 3.05) is 12.8 Å². The van der Waals surface area contributed by atoms with Crippen LogP contribution in [0.2, 0.25) is 0 Å². The summed E-state index contributed by atoms with van der Waals surface area (Å²) in [7, 11) is -3.17. The van der Waals surface area contributed by atoms with E-state index in [0.717, 1.165) is 11.0 Å². The van der Waals surface area contributed by atoms with Gasteiger partial charge in [0.25, 0.3) is 0 Å². The smallest absolute Gasteiger partial charge is 0.209 e. The first-order valence-electron chi connectivity index (χ1n) is 5.11. The van der Waals surface area contributed by atoms with Crippen molar-refractivity contribution >= 4 is 37.3 Å². The predicted octanol–water partition coefficient (Wildman–Crippen LogP) is 1.93. The monoisotopic (exact) mass is 340 g/mol. The Labute approximate surface area is 115 Å². The highest BCUT2D eigenvalue weighted by Gasteiger charge is 2.21. The van der Waals surface area contributed by atoms with Crippen LogP contribution in [0.4, 0.5) is 0 Å². The van der Waals surface area contributed by atoms with Crippen LogP contribution in [0.25, 0.3) is 0 Å². The van der Waals surface area contributed by atoms with Crippen molar-refractivity contribution in [1.29, 1.82) is 0 Å². The van der Waals surface area contributed by atoms with Gasteiger partial charge in [0.1, 0.15) is 0 Å². The molecule has 0 aliphatic carbocycles. The minimum Gasteiger partial charge on any atom is -0.310 e. The van der Waals surface area contributed by atoms with Crippen LogP contribution >= 0.6 is 27.3 Å². The molecule has 0 aliphatic heterocycles. The zero-order valence-corrected chi connectivity index (χ0v) is 13.3. The quantitative estimate of drug-likeness (QED) is 0.831. The number of sulfonamides is 1. The van der Waals surface area contributed by atoms with Gasteiger partial charge in [-0.25, -0.2) is 13.1 Å². The minimum absolute atomic E-state index is 0.489. The number of halogens is 1. The minimum atomic E-state index is -3.17. The molecule has 0 saturated carbocycles. The van der Waals surface area contributed by atoms with E-state index in [4.69, 9.17) is 0 Å². The lowest BCUT2D eigenvalue weighted by Crippen LogP contribution is -2.49. The van der Waals surface area contributed by atoms with Crippen molar-refractivity contribution < 1.29 is 8.42 Å². The third kappa shape index (κ3) is 5.96. The topological polar surface area (TPSA) is 58.2 Å². The summed E-state index contributed by atoms with van der Waals surface area (Å²) in [6, 6.07) is 2.00. The average Bonchev–Trinajstić information content (AvgIpc) is 2.47. The van der Waals surface area contributed by atoms with Crippen molar-refractivity contribution in [3.63, 3.8) is 0 Å². The van der Waals surface area contributed by atoms with E-state index in [0.29, 0.717) is 6.54 Å². The molecule has 0 radical (unpaired) electrons. The molecule has 17 heavy (non-hydrogen) atoms. The van der Waals surface area contributed by atoms with Gasteiger partial charge < -0.3 is 5.32 Å². The summed E-state index contributed by atoms with van der Waals surface area (Å²) < 4.78 is 26.0. The highest BCUT2D eigenvalue weighted by atomic mass is 79.9. The Morgan fingerprint density at radius 1 is 1.47 bits per heavy atom. The predicted molar refractivity (Wildman–Crippen MR) is 75.8 cm³/mol. The summed E-state index contributed by atoms with van der Waals surface area (Å²) in [4.78, 5) is 1.21. The number of rotatable bonds is 6. The molecule has 0 fully saturated rings. The molecule has 0 amide bonds. The Morgan fingerprint density at radius 2 is 2.12 bits per heavy atom. The molecule has 0 atom stereocenters. The second-order valence-corrected chi connectivity index (χ2v) is 8.16. The Hall–Kier alpha value is 0.0500. The van der Waals surface area contributed by atoms with Crippen molar-refractivity contribution in [3.8, 4) is 0 Å². The van der Waals surface area contributed by atoms with Crippen molar-refractivity contribution in [2.45, 2.75) is 25.9 Å². The van der Waals surface area contributed by atoms with Crippen LogP contribution in [0.15, 0.2) is 15.9 Å². The maximum atomic E-state index is 11.1. The van der Waals surface area contributed by atoms with Gasteiger partial charge in [-0.05, 0) is 41.2 Å². The van der Waals surface area contributed by atoms with Crippen LogP contribution in [0.1, 0.15) is 18.7 Å². The molecule has 1 aromatic heterocycles. The second kappa shape index (κ2) is 5.79. The summed E-state index contributed by atoms with van der Waals surface area (Å²) in [5.74, 6) is 0. The van der Waals surface area contributed by atoms with Crippen molar-refractivity contribution in [2.24, 2.45) is 0 Å². The van der Waals surface area contributed by atoms with Crippen molar-refractivity contribution in [3.05, 3.63) is 20.8 Å². The summed E-state index contributed by atoms with van der Waals surface area (Å²) >= 11 is 5.12. The molecule has 0 bridgehead atoms. The van der Waals surface area contributed by atoms with E-state index in [2.05, 4.69) is 26.0 Å². The zero-order chi connectivity index (χ0) is 13.1. The Bertz CT molecular complexity index is 468. The van der Waals surface area contributed by atoms with E-state index >= 15 is 0 Å². The van der Waals surface area contributed by atoms with Crippen LogP contribution < -0.4 is 10.0 Å². The van der Waals surface area contributed by atoms with Crippen LogP contribution in [-0.2, 0) is 16.6 Å². The highest BCUT2D eigenvalue weighted by Crippen LogP contribution is 2.22. The second-order valence-electron chi connectivity index (χ2n) is 4.55. The number of hydrogen-bond donors (Lipinski definition) is 2. The van der Waals surface area contributed by atoms with Gasteiger partial charge in [0.05, 0.1) is 6.26 Å². The van der Waals surface area contributed by atoms with E-state index in [1.165, 1.54) is 11.1 Å². The fraction of sp³-hybridized carbons (Fsp3) is 0.600. The molecule has 0 aliphatic rings. The fourth-order valence-corrected chi connectivity index (χ4v) is 4.02. The third-order valence-corrected chi connectivity index (χ3v) is 4.85. The van der Waals surface area contributed by atoms with Gasteiger partial charge in [-0.3, -0.25) is 0 Å². The molecule has 7 heteroatoms. The van der Waals surface area contributed by atoms with Gasteiger partial charge in [-0.2, -0.15) is 0 Å². The zero-order valence-electron chi connectivity index (χ0n) is 10.1. The largest absolute Gasteiger partial charge is 0.310 e. The molecule has 1 aromatic rings. The fourth-order valence-electron chi connectivity index (χ4n) is 1.48. The molecule has 1 heterocycles. The SMILES string of the molecule is CC(C)(CNCc1sccc1Br)NS(C)(=O)=O. The number of thiophene rings is 1. The Kier molecular flexibility index (Phi) is 5.15. The van der Waals surface area contributed by atoms with E-state index in [1.807, 2.05) is 25.3 Å². The molecule has 0 aromatic carbocycles. The van der Waals surface area contributed by atoms with Gasteiger partial charge >= 0.3 is 0 Å². The molecule has 0 saturated heterocycles. The Balaban J connectivity index is 2.43. The van der Waals surface area contributed by atoms with Crippen LogP contribution in [-0.4, -0.2) is 26.8 Å². The molecule has 1 rings (SSSR count). The summed E-state index contributed by atoms with van der Waals surface area (Å²) in [6.07, 6.45) is 1.17. The third-order valence-electron chi connectivity index (χ3n) is 2.01. The number of hydrogen-bond acceptors (Lipinski definition) is 4. The lowest BCUT2D eigenvalue weighted by Gasteiger charge is -2.25. The summed E-state index contributed by atoms with van der Waals surface area (Å²) in [5.41, 5.74) is -0.489. The van der Waals surface area contributed by atoms with Crippen molar-refractivity contribution in [1.82, 2.24) is 10.0 Å². The molecule has 4 nitrogen and oxygen atoms in total. The normalized spacial score (nSPS) is 12.9. The summed E-state index contributed by atoms with van der Waals surface area (Å²) in [6.45, 7) is 5.01. The van der Waals surface area contributed by atoms with Crippen LogP contribution in [0, 0.1) is 0 Å². The van der Waals surface area contributed by atoms with E-state index in [1.54, 1.807) is 11.3 Å². The van der Waals surface area contributed by atoms with Crippen LogP contribution in [0.3, 0.4) is 0 Å². The molecule has 0 unspecified atom stereocenters. The molecular formula is C10H17BrN2O2S2. The molecule has 2 N–H and O–H groups in total. The van der Waals surface area contributed by atoms with Gasteiger partial charge in [-0.1, -0.05) is 0 Å². The van der Waals surface area contributed by atoms with Gasteiger partial charge in [0.15, 0.2) is 0 Å². The molecule has 98 valence electrons. The van der Waals surface area contributed by atoms with Gasteiger partial charge in [0, 0.05) is 28.0 Å². The Morgan fingerprint density at radius 3 is 2.59 bits per heavy atom. The first-order chi connectivity index (χ1) is 7.70. The first kappa shape index (κ1) is 15.1. The van der Waals surface area contributed by atoms with E-state index in [-0.39, 0.29) is 0 Å². The standard InChI is InChI=1S/C10H17BrN2O2S2/c1-10(2,13-17(3,14)15)7-12-6-9-8(11)4-5-16-9/h4-5,12-13H,6-7H2,1-3H3. The summed E-state index contributed by atoms with van der Waals surface area (Å²) in [5, 5.41) is 5.26. The first-order valence-corrected chi connectivity index (χ1v) is 8.67.